The van der Waals surface area contributed by atoms with Gasteiger partial charge in [-0.25, -0.2) is 9.97 Å². The lowest BCUT2D eigenvalue weighted by Gasteiger charge is -2.20. The lowest BCUT2D eigenvalue weighted by molar-refractivity contribution is 0.102. The quantitative estimate of drug-likeness (QED) is 0.763. The summed E-state index contributed by atoms with van der Waals surface area (Å²) in [5, 5.41) is 2.81. The fourth-order valence-corrected chi connectivity index (χ4v) is 4.32. The monoisotopic (exact) mass is 419 g/mol. The van der Waals surface area contributed by atoms with Gasteiger partial charge in [0.25, 0.3) is 16.1 Å². The predicted molar refractivity (Wildman–Crippen MR) is 109 cm³/mol. The second-order valence-corrected chi connectivity index (χ2v) is 9.19. The first kappa shape index (κ1) is 21.2. The number of benzene rings is 1. The SMILES string of the molecule is COc1ccc(NC(=O)c2cnc([C@@H]3CCN(S(=O)(=O)N(C)C)C3)nc2C)cc1. The van der Waals surface area contributed by atoms with Gasteiger partial charge in [0.05, 0.1) is 18.4 Å². The minimum atomic E-state index is -3.45. The standard InChI is InChI=1S/C19H25N5O4S/c1-13-17(19(25)22-15-5-7-16(28-4)8-6-15)11-20-18(21-13)14-9-10-24(12-14)29(26,27)23(2)3/h5-8,11,14H,9-10,12H2,1-4H3,(H,22,25)/t14-/m1/s1. The van der Waals surface area contributed by atoms with Gasteiger partial charge in [-0.1, -0.05) is 0 Å². The number of aromatic nitrogens is 2. The Hall–Kier alpha value is -2.56. The molecule has 2 heterocycles. The molecule has 0 bridgehead atoms. The molecule has 3 rings (SSSR count). The molecule has 156 valence electrons. The molecular formula is C19H25N5O4S. The van der Waals surface area contributed by atoms with E-state index in [0.717, 1.165) is 0 Å². The van der Waals surface area contributed by atoms with E-state index in [0.29, 0.717) is 48.0 Å². The number of hydrogen-bond acceptors (Lipinski definition) is 6. The highest BCUT2D eigenvalue weighted by Crippen LogP contribution is 2.27. The van der Waals surface area contributed by atoms with Crippen molar-refractivity contribution in [3.8, 4) is 5.75 Å². The molecule has 1 saturated heterocycles. The number of ether oxygens (including phenoxy) is 1. The average Bonchev–Trinajstić information content (AvgIpc) is 3.19. The summed E-state index contributed by atoms with van der Waals surface area (Å²) in [4.78, 5) is 21.4. The zero-order valence-corrected chi connectivity index (χ0v) is 17.7. The van der Waals surface area contributed by atoms with E-state index in [1.165, 1.54) is 28.9 Å². The van der Waals surface area contributed by atoms with Gasteiger partial charge in [-0.3, -0.25) is 4.79 Å². The van der Waals surface area contributed by atoms with Crippen molar-refractivity contribution in [2.75, 3.05) is 39.6 Å². The van der Waals surface area contributed by atoms with E-state index in [9.17, 15) is 13.2 Å². The van der Waals surface area contributed by atoms with Crippen LogP contribution < -0.4 is 10.1 Å². The van der Waals surface area contributed by atoms with E-state index in [1.54, 1.807) is 38.3 Å². The summed E-state index contributed by atoms with van der Waals surface area (Å²) in [6.45, 7) is 2.50. The van der Waals surface area contributed by atoms with Gasteiger partial charge < -0.3 is 10.1 Å². The Morgan fingerprint density at radius 2 is 1.97 bits per heavy atom. The Morgan fingerprint density at radius 1 is 1.28 bits per heavy atom. The molecule has 1 amide bonds. The van der Waals surface area contributed by atoms with Gasteiger partial charge in [0.1, 0.15) is 11.6 Å². The molecule has 1 fully saturated rings. The van der Waals surface area contributed by atoms with Gasteiger partial charge in [0.2, 0.25) is 0 Å². The number of hydrogen-bond donors (Lipinski definition) is 1. The summed E-state index contributed by atoms with van der Waals surface area (Å²) in [6, 6.07) is 7.02. The number of carbonyl (C=O) groups is 1. The zero-order chi connectivity index (χ0) is 21.2. The van der Waals surface area contributed by atoms with Crippen molar-refractivity contribution in [3.63, 3.8) is 0 Å². The largest absolute Gasteiger partial charge is 0.497 e. The maximum Gasteiger partial charge on any atom is 0.281 e. The van der Waals surface area contributed by atoms with E-state index in [4.69, 9.17) is 4.74 Å². The molecule has 1 aliphatic heterocycles. The molecule has 1 aliphatic rings. The van der Waals surface area contributed by atoms with Crippen LogP contribution in [0.1, 0.15) is 34.2 Å². The highest BCUT2D eigenvalue weighted by molar-refractivity contribution is 7.86. The summed E-state index contributed by atoms with van der Waals surface area (Å²) in [7, 11) is 1.15. The summed E-state index contributed by atoms with van der Waals surface area (Å²) in [5.41, 5.74) is 1.56. The second kappa shape index (κ2) is 8.44. The van der Waals surface area contributed by atoms with Crippen molar-refractivity contribution in [1.82, 2.24) is 18.6 Å². The minimum absolute atomic E-state index is 0.0953. The van der Waals surface area contributed by atoms with Crippen molar-refractivity contribution in [1.29, 1.82) is 0 Å². The Morgan fingerprint density at radius 3 is 2.55 bits per heavy atom. The van der Waals surface area contributed by atoms with E-state index in [2.05, 4.69) is 15.3 Å². The van der Waals surface area contributed by atoms with Crippen molar-refractivity contribution in [2.45, 2.75) is 19.3 Å². The Kier molecular flexibility index (Phi) is 6.15. The maximum atomic E-state index is 12.6. The van der Waals surface area contributed by atoms with Crippen LogP contribution in [0.15, 0.2) is 30.5 Å². The van der Waals surface area contributed by atoms with E-state index in [-0.39, 0.29) is 11.8 Å². The molecule has 1 atom stereocenters. The Bertz CT molecular complexity index is 992. The molecule has 0 saturated carbocycles. The van der Waals surface area contributed by atoms with Crippen LogP contribution in [0.3, 0.4) is 0 Å². The average molecular weight is 420 g/mol. The zero-order valence-electron chi connectivity index (χ0n) is 16.9. The van der Waals surface area contributed by atoms with Crippen LogP contribution in [0.2, 0.25) is 0 Å². The van der Waals surface area contributed by atoms with Crippen molar-refractivity contribution in [3.05, 3.63) is 47.5 Å². The lowest BCUT2D eigenvalue weighted by Crippen LogP contribution is -2.38. The molecule has 29 heavy (non-hydrogen) atoms. The number of carbonyl (C=O) groups excluding carboxylic acids is 1. The third-order valence-corrected chi connectivity index (χ3v) is 6.80. The van der Waals surface area contributed by atoms with Crippen LogP contribution in [-0.2, 0) is 10.2 Å². The highest BCUT2D eigenvalue weighted by atomic mass is 32.2. The molecule has 0 unspecified atom stereocenters. The molecule has 10 heteroatoms. The molecule has 0 aliphatic carbocycles. The number of nitrogens with one attached hydrogen (secondary N) is 1. The molecule has 1 N–H and O–H groups in total. The van der Waals surface area contributed by atoms with Gasteiger partial charge in [-0.15, -0.1) is 0 Å². The third-order valence-electron chi connectivity index (χ3n) is 4.89. The topological polar surface area (TPSA) is 105 Å². The van der Waals surface area contributed by atoms with Crippen LogP contribution in [-0.4, -0.2) is 67.2 Å². The molecule has 1 aromatic carbocycles. The van der Waals surface area contributed by atoms with Gasteiger partial charge >= 0.3 is 0 Å². The fraction of sp³-hybridized carbons (Fsp3) is 0.421. The number of nitrogens with zero attached hydrogens (tertiary/aromatic N) is 4. The van der Waals surface area contributed by atoms with Gasteiger partial charge in [-0.2, -0.15) is 17.0 Å². The predicted octanol–water partition coefficient (Wildman–Crippen LogP) is 1.64. The normalized spacial score (nSPS) is 17.5. The molecule has 0 spiro atoms. The number of rotatable bonds is 6. The summed E-state index contributed by atoms with van der Waals surface area (Å²) in [6.07, 6.45) is 2.14. The fourth-order valence-electron chi connectivity index (χ4n) is 3.16. The first-order valence-electron chi connectivity index (χ1n) is 9.19. The second-order valence-electron chi connectivity index (χ2n) is 7.04. The van der Waals surface area contributed by atoms with Crippen LogP contribution in [0.25, 0.3) is 0 Å². The highest BCUT2D eigenvalue weighted by Gasteiger charge is 2.34. The van der Waals surface area contributed by atoms with Crippen molar-refractivity contribution < 1.29 is 17.9 Å². The molecule has 9 nitrogen and oxygen atoms in total. The molecular weight excluding hydrogens is 394 g/mol. The van der Waals surface area contributed by atoms with Gasteiger partial charge in [0.15, 0.2) is 0 Å². The first-order chi connectivity index (χ1) is 13.7. The Labute approximate surface area is 170 Å². The minimum Gasteiger partial charge on any atom is -0.497 e. The molecule has 0 radical (unpaired) electrons. The molecule has 1 aromatic heterocycles. The Balaban J connectivity index is 1.71. The lowest BCUT2D eigenvalue weighted by atomic mass is 10.1. The first-order valence-corrected chi connectivity index (χ1v) is 10.6. The number of amides is 1. The van der Waals surface area contributed by atoms with Crippen LogP contribution in [0.4, 0.5) is 5.69 Å². The summed E-state index contributed by atoms with van der Waals surface area (Å²) in [5.74, 6) is 0.860. The summed E-state index contributed by atoms with van der Waals surface area (Å²) < 4.78 is 32.3. The van der Waals surface area contributed by atoms with Crippen molar-refractivity contribution in [2.24, 2.45) is 0 Å². The third kappa shape index (κ3) is 4.55. The van der Waals surface area contributed by atoms with Gasteiger partial charge in [0, 0.05) is 45.0 Å². The van der Waals surface area contributed by atoms with Crippen LogP contribution in [0.5, 0.6) is 5.75 Å². The molecule has 2 aromatic rings. The van der Waals surface area contributed by atoms with E-state index >= 15 is 0 Å². The maximum absolute atomic E-state index is 12.6. The van der Waals surface area contributed by atoms with E-state index < -0.39 is 10.2 Å². The van der Waals surface area contributed by atoms with Gasteiger partial charge in [-0.05, 0) is 37.6 Å². The van der Waals surface area contributed by atoms with Crippen LogP contribution in [0, 0.1) is 6.92 Å². The van der Waals surface area contributed by atoms with E-state index in [1.807, 2.05) is 0 Å². The summed E-state index contributed by atoms with van der Waals surface area (Å²) >= 11 is 0. The van der Waals surface area contributed by atoms with Crippen molar-refractivity contribution >= 4 is 21.8 Å². The number of methoxy groups -OCH3 is 1. The smallest absolute Gasteiger partial charge is 0.281 e. The van der Waals surface area contributed by atoms with Crippen LogP contribution >= 0.6 is 0 Å². The number of aryl methyl sites for hydroxylation is 1. The number of anilines is 1.